The molecule has 1 aliphatic rings. The van der Waals surface area contributed by atoms with Crippen LogP contribution in [-0.2, 0) is 16.0 Å². The zero-order chi connectivity index (χ0) is 14.5. The third kappa shape index (κ3) is 3.80. The quantitative estimate of drug-likeness (QED) is 0.850. The van der Waals surface area contributed by atoms with E-state index in [0.717, 1.165) is 0 Å². The highest BCUT2D eigenvalue weighted by Gasteiger charge is 2.22. The number of hydrogen-bond acceptors (Lipinski definition) is 5. The van der Waals surface area contributed by atoms with Gasteiger partial charge in [-0.25, -0.2) is 9.97 Å². The van der Waals surface area contributed by atoms with Gasteiger partial charge in [-0.15, -0.1) is 0 Å². The number of aromatic nitrogens is 2. The molecule has 1 aromatic heterocycles. The van der Waals surface area contributed by atoms with Crippen LogP contribution in [0.5, 0.6) is 0 Å². The van der Waals surface area contributed by atoms with Gasteiger partial charge in [0, 0.05) is 25.6 Å². The van der Waals surface area contributed by atoms with Gasteiger partial charge < -0.3 is 15.0 Å². The number of ether oxygens (including phenoxy) is 1. The fourth-order valence-electron chi connectivity index (χ4n) is 2.04. The molecule has 2 heterocycles. The molecule has 1 atom stereocenters. The Morgan fingerprint density at radius 1 is 1.50 bits per heavy atom. The number of carbonyl (C=O) groups is 1. The predicted molar refractivity (Wildman–Crippen MR) is 76.9 cm³/mol. The average Bonchev–Trinajstić information content (AvgIpc) is 2.46. The van der Waals surface area contributed by atoms with Crippen LogP contribution in [0.3, 0.4) is 0 Å². The third-order valence-corrected chi connectivity index (χ3v) is 3.31. The number of nitrogens with one attached hydrogen (secondary N) is 1. The minimum atomic E-state index is -0.358. The number of hydrogen-bond donors (Lipinski definition) is 1. The first kappa shape index (κ1) is 15.0. The van der Waals surface area contributed by atoms with Crippen LogP contribution in [0.15, 0.2) is 6.07 Å². The van der Waals surface area contributed by atoms with Crippen LogP contribution in [0.25, 0.3) is 0 Å². The summed E-state index contributed by atoms with van der Waals surface area (Å²) in [5.41, 5.74) is 0. The molecule has 1 saturated heterocycles. The Hall–Kier alpha value is -1.40. The predicted octanol–water partition coefficient (Wildman–Crippen LogP) is 1.35. The minimum absolute atomic E-state index is 0.0427. The summed E-state index contributed by atoms with van der Waals surface area (Å²) in [6.07, 6.45) is 0.695. The average molecular weight is 299 g/mol. The van der Waals surface area contributed by atoms with Gasteiger partial charge >= 0.3 is 0 Å². The molecule has 1 amide bonds. The van der Waals surface area contributed by atoms with E-state index in [9.17, 15) is 4.79 Å². The van der Waals surface area contributed by atoms with Crippen molar-refractivity contribution < 1.29 is 9.53 Å². The molecule has 6 nitrogen and oxygen atoms in total. The summed E-state index contributed by atoms with van der Waals surface area (Å²) in [5.74, 6) is 1.28. The Morgan fingerprint density at radius 3 is 2.85 bits per heavy atom. The number of nitrogens with zero attached hydrogens (tertiary/aromatic N) is 3. The maximum atomic E-state index is 12.3. The number of anilines is 1. The van der Waals surface area contributed by atoms with Gasteiger partial charge in [-0.2, -0.15) is 0 Å². The molecule has 1 aliphatic heterocycles. The number of halogens is 1. The zero-order valence-electron chi connectivity index (χ0n) is 11.7. The van der Waals surface area contributed by atoms with Crippen molar-refractivity contribution in [2.45, 2.75) is 26.3 Å². The van der Waals surface area contributed by atoms with E-state index in [2.05, 4.69) is 15.3 Å². The van der Waals surface area contributed by atoms with Crippen LogP contribution >= 0.6 is 11.6 Å². The molecule has 1 N–H and O–H groups in total. The molecule has 110 valence electrons. The minimum Gasteiger partial charge on any atom is -0.378 e. The molecular formula is C13H19ClN4O2. The van der Waals surface area contributed by atoms with Crippen LogP contribution in [0.4, 0.5) is 5.82 Å². The van der Waals surface area contributed by atoms with Gasteiger partial charge in [-0.3, -0.25) is 4.79 Å². The fourth-order valence-corrected chi connectivity index (χ4v) is 2.24. The van der Waals surface area contributed by atoms with Crippen LogP contribution < -0.4 is 5.32 Å². The molecule has 0 spiro atoms. The molecule has 0 aromatic carbocycles. The maximum Gasteiger partial charge on any atom is 0.244 e. The highest BCUT2D eigenvalue weighted by atomic mass is 35.5. The Kier molecular flexibility index (Phi) is 5.14. The molecule has 2 rings (SSSR count). The lowest BCUT2D eigenvalue weighted by atomic mass is 10.2. The highest BCUT2D eigenvalue weighted by Crippen LogP contribution is 2.13. The Labute approximate surface area is 123 Å². The molecule has 1 aromatic rings. The number of aryl methyl sites for hydroxylation is 1. The van der Waals surface area contributed by atoms with E-state index < -0.39 is 0 Å². The zero-order valence-corrected chi connectivity index (χ0v) is 12.5. The second kappa shape index (κ2) is 6.85. The number of carbonyl (C=O) groups excluding carboxylic acids is 1. The summed E-state index contributed by atoms with van der Waals surface area (Å²) in [6.45, 7) is 6.23. The van der Waals surface area contributed by atoms with E-state index in [1.165, 1.54) is 0 Å². The molecular weight excluding hydrogens is 280 g/mol. The van der Waals surface area contributed by atoms with E-state index in [0.29, 0.717) is 49.5 Å². The Bertz CT molecular complexity index is 477. The van der Waals surface area contributed by atoms with Crippen molar-refractivity contribution in [2.75, 3.05) is 31.6 Å². The van der Waals surface area contributed by atoms with Crippen molar-refractivity contribution in [3.8, 4) is 0 Å². The first-order valence-corrected chi connectivity index (χ1v) is 7.14. The summed E-state index contributed by atoms with van der Waals surface area (Å²) in [6, 6.07) is 1.27. The first-order chi connectivity index (χ1) is 9.60. The molecule has 0 bridgehead atoms. The normalized spacial score (nSPS) is 16.9. The van der Waals surface area contributed by atoms with Gasteiger partial charge in [0.2, 0.25) is 5.91 Å². The molecule has 20 heavy (non-hydrogen) atoms. The van der Waals surface area contributed by atoms with Crippen LogP contribution in [0, 0.1) is 0 Å². The highest BCUT2D eigenvalue weighted by molar-refractivity contribution is 6.29. The van der Waals surface area contributed by atoms with Gasteiger partial charge in [0.05, 0.1) is 13.2 Å². The van der Waals surface area contributed by atoms with Gasteiger partial charge in [-0.05, 0) is 6.92 Å². The topological polar surface area (TPSA) is 67.4 Å². The Morgan fingerprint density at radius 2 is 2.20 bits per heavy atom. The number of amides is 1. The summed E-state index contributed by atoms with van der Waals surface area (Å²) in [5, 5.41) is 3.47. The Balaban J connectivity index is 2.01. The molecule has 1 fully saturated rings. The molecule has 0 radical (unpaired) electrons. The van der Waals surface area contributed by atoms with Gasteiger partial charge in [0.25, 0.3) is 0 Å². The van der Waals surface area contributed by atoms with Crippen molar-refractivity contribution in [3.63, 3.8) is 0 Å². The van der Waals surface area contributed by atoms with E-state index in [4.69, 9.17) is 16.3 Å². The van der Waals surface area contributed by atoms with Crippen molar-refractivity contribution in [3.05, 3.63) is 17.0 Å². The lowest BCUT2D eigenvalue weighted by molar-refractivity contribution is -0.135. The third-order valence-electron chi connectivity index (χ3n) is 3.11. The number of rotatable bonds is 4. The second-order valence-corrected chi connectivity index (χ2v) is 5.04. The van der Waals surface area contributed by atoms with Gasteiger partial charge in [0.1, 0.15) is 22.8 Å². The second-order valence-electron chi connectivity index (χ2n) is 4.65. The molecule has 1 unspecified atom stereocenters. The number of morpholine rings is 1. The van der Waals surface area contributed by atoms with Gasteiger partial charge in [0.15, 0.2) is 0 Å². The SMILES string of the molecule is CCc1nc(Cl)cc(NC(C)C(=O)N2CCOCC2)n1. The summed E-state index contributed by atoms with van der Waals surface area (Å²) >= 11 is 5.94. The van der Waals surface area contributed by atoms with E-state index in [1.807, 2.05) is 13.8 Å². The molecule has 0 saturated carbocycles. The first-order valence-electron chi connectivity index (χ1n) is 6.76. The van der Waals surface area contributed by atoms with Crippen LogP contribution in [0.2, 0.25) is 5.15 Å². The van der Waals surface area contributed by atoms with Crippen molar-refractivity contribution in [2.24, 2.45) is 0 Å². The lowest BCUT2D eigenvalue weighted by Gasteiger charge is -2.29. The molecule has 7 heteroatoms. The maximum absolute atomic E-state index is 12.3. The van der Waals surface area contributed by atoms with Crippen molar-refractivity contribution >= 4 is 23.3 Å². The summed E-state index contributed by atoms with van der Waals surface area (Å²) < 4.78 is 5.24. The fraction of sp³-hybridized carbons (Fsp3) is 0.615. The summed E-state index contributed by atoms with van der Waals surface area (Å²) in [7, 11) is 0. The van der Waals surface area contributed by atoms with Gasteiger partial charge in [-0.1, -0.05) is 18.5 Å². The van der Waals surface area contributed by atoms with E-state index >= 15 is 0 Å². The summed E-state index contributed by atoms with van der Waals surface area (Å²) in [4.78, 5) is 22.5. The van der Waals surface area contributed by atoms with E-state index in [-0.39, 0.29) is 11.9 Å². The smallest absolute Gasteiger partial charge is 0.244 e. The van der Waals surface area contributed by atoms with Crippen molar-refractivity contribution in [1.82, 2.24) is 14.9 Å². The standard InChI is InChI=1S/C13H19ClN4O2/c1-3-11-16-10(14)8-12(17-11)15-9(2)13(19)18-4-6-20-7-5-18/h8-9H,3-7H2,1-2H3,(H,15,16,17). The molecule has 0 aliphatic carbocycles. The van der Waals surface area contributed by atoms with E-state index in [1.54, 1.807) is 11.0 Å². The monoisotopic (exact) mass is 298 g/mol. The van der Waals surface area contributed by atoms with Crippen LogP contribution in [-0.4, -0.2) is 53.1 Å². The van der Waals surface area contributed by atoms with Crippen molar-refractivity contribution in [1.29, 1.82) is 0 Å². The lowest BCUT2D eigenvalue weighted by Crippen LogP contribution is -2.47. The largest absolute Gasteiger partial charge is 0.378 e. The van der Waals surface area contributed by atoms with Crippen LogP contribution in [0.1, 0.15) is 19.7 Å².